The average molecular weight is 259 g/mol. The second-order valence-corrected chi connectivity index (χ2v) is 4.75. The van der Waals surface area contributed by atoms with Crippen LogP contribution in [0.15, 0.2) is 34.3 Å². The number of carbonyl (C=O) groups excluding carboxylic acids is 2. The summed E-state index contributed by atoms with van der Waals surface area (Å²) in [6.07, 6.45) is 7.39. The van der Waals surface area contributed by atoms with Crippen LogP contribution in [0.4, 0.5) is 4.79 Å². The van der Waals surface area contributed by atoms with E-state index in [-0.39, 0.29) is 23.8 Å². The number of hydrogen-bond donors (Lipinski definition) is 0. The third kappa shape index (κ3) is 2.54. The Labute approximate surface area is 112 Å². The lowest BCUT2D eigenvalue weighted by molar-refractivity contribution is -0.120. The Kier molecular flexibility index (Phi) is 3.74. The number of amidine groups is 1. The molecule has 1 atom stereocenters. The van der Waals surface area contributed by atoms with Crippen LogP contribution < -0.4 is 0 Å². The largest absolute Gasteiger partial charge is 0.349 e. The Morgan fingerprint density at radius 3 is 2.84 bits per heavy atom. The molecule has 0 aromatic carbocycles. The molecule has 0 saturated carbocycles. The van der Waals surface area contributed by atoms with Crippen molar-refractivity contribution in [1.29, 1.82) is 0 Å². The summed E-state index contributed by atoms with van der Waals surface area (Å²) in [5.74, 6) is -0.126. The number of amides is 3. The summed E-state index contributed by atoms with van der Waals surface area (Å²) in [5, 5.41) is 0. The van der Waals surface area contributed by atoms with Gasteiger partial charge in [0.15, 0.2) is 0 Å². The van der Waals surface area contributed by atoms with Gasteiger partial charge < -0.3 is 0 Å². The molecule has 0 radical (unpaired) electrons. The highest BCUT2D eigenvalue weighted by molar-refractivity contribution is 6.24. The standard InChI is InChI=1S/C14H17N3O2/c1-4-17-12(16-13(18)9(2)3)10-7-5-6-8-11(10)15-14(17)19/h5-10H,4H2,1-3H3. The maximum Gasteiger partial charge on any atom is 0.349 e. The maximum absolute atomic E-state index is 11.9. The number of carbonyl (C=O) groups is 2. The van der Waals surface area contributed by atoms with Crippen molar-refractivity contribution < 1.29 is 9.59 Å². The van der Waals surface area contributed by atoms with Crippen LogP contribution in [0.3, 0.4) is 0 Å². The van der Waals surface area contributed by atoms with Crippen molar-refractivity contribution >= 4 is 23.5 Å². The van der Waals surface area contributed by atoms with Crippen molar-refractivity contribution in [2.45, 2.75) is 20.8 Å². The highest BCUT2D eigenvalue weighted by Crippen LogP contribution is 2.21. The Hall–Kier alpha value is -2.04. The van der Waals surface area contributed by atoms with E-state index in [0.717, 1.165) is 0 Å². The van der Waals surface area contributed by atoms with E-state index in [2.05, 4.69) is 9.98 Å². The van der Waals surface area contributed by atoms with Crippen LogP contribution in [-0.4, -0.2) is 34.9 Å². The maximum atomic E-state index is 11.9. The topological polar surface area (TPSA) is 62.1 Å². The zero-order valence-electron chi connectivity index (χ0n) is 11.3. The van der Waals surface area contributed by atoms with Gasteiger partial charge in [-0.1, -0.05) is 32.1 Å². The summed E-state index contributed by atoms with van der Waals surface area (Å²) in [7, 11) is 0. The van der Waals surface area contributed by atoms with Crippen LogP contribution in [0.25, 0.3) is 0 Å². The lowest BCUT2D eigenvalue weighted by Crippen LogP contribution is -2.46. The molecule has 19 heavy (non-hydrogen) atoms. The molecule has 5 heteroatoms. The van der Waals surface area contributed by atoms with Gasteiger partial charge in [0.05, 0.1) is 11.6 Å². The van der Waals surface area contributed by atoms with E-state index in [1.807, 2.05) is 25.2 Å². The van der Waals surface area contributed by atoms with Gasteiger partial charge in [0.1, 0.15) is 5.84 Å². The van der Waals surface area contributed by atoms with Gasteiger partial charge in [-0.2, -0.15) is 9.98 Å². The van der Waals surface area contributed by atoms with Gasteiger partial charge in [0.2, 0.25) is 5.91 Å². The van der Waals surface area contributed by atoms with Crippen LogP contribution in [-0.2, 0) is 4.79 Å². The smallest absolute Gasteiger partial charge is 0.279 e. The van der Waals surface area contributed by atoms with Crippen LogP contribution in [0.1, 0.15) is 20.8 Å². The van der Waals surface area contributed by atoms with Crippen molar-refractivity contribution in [3.8, 4) is 0 Å². The molecule has 1 aliphatic carbocycles. The number of urea groups is 1. The molecule has 2 rings (SSSR count). The molecule has 5 nitrogen and oxygen atoms in total. The molecular weight excluding hydrogens is 242 g/mol. The molecule has 0 bridgehead atoms. The summed E-state index contributed by atoms with van der Waals surface area (Å²) in [5.41, 5.74) is 0.646. The van der Waals surface area contributed by atoms with Crippen LogP contribution in [0, 0.1) is 11.8 Å². The lowest BCUT2D eigenvalue weighted by Gasteiger charge is -2.30. The summed E-state index contributed by atoms with van der Waals surface area (Å²) < 4.78 is 0. The SMILES string of the molecule is CCN1C(=O)N=C2C=CC=CC2C1=NC(=O)C(C)C. The van der Waals surface area contributed by atoms with Gasteiger partial charge in [0.25, 0.3) is 0 Å². The predicted octanol–water partition coefficient (Wildman–Crippen LogP) is 2.21. The fraction of sp³-hybridized carbons (Fsp3) is 0.429. The molecule has 1 aliphatic heterocycles. The van der Waals surface area contributed by atoms with Gasteiger partial charge in [0, 0.05) is 12.5 Å². The summed E-state index contributed by atoms with van der Waals surface area (Å²) in [6, 6.07) is -0.357. The zero-order valence-corrected chi connectivity index (χ0v) is 11.3. The Morgan fingerprint density at radius 1 is 1.47 bits per heavy atom. The monoisotopic (exact) mass is 259 g/mol. The molecule has 2 aliphatic rings. The van der Waals surface area contributed by atoms with Crippen LogP contribution in [0.5, 0.6) is 0 Å². The molecule has 0 saturated heterocycles. The molecule has 0 fully saturated rings. The Morgan fingerprint density at radius 2 is 2.21 bits per heavy atom. The van der Waals surface area contributed by atoms with Crippen molar-refractivity contribution in [1.82, 2.24) is 4.90 Å². The van der Waals surface area contributed by atoms with Gasteiger partial charge in [-0.3, -0.25) is 9.69 Å². The summed E-state index contributed by atoms with van der Waals surface area (Å²) in [4.78, 5) is 33.4. The van der Waals surface area contributed by atoms with Crippen molar-refractivity contribution in [2.24, 2.45) is 21.8 Å². The van der Waals surface area contributed by atoms with Gasteiger partial charge in [-0.25, -0.2) is 4.79 Å². The second kappa shape index (κ2) is 5.30. The number of allylic oxidation sites excluding steroid dienone is 3. The summed E-state index contributed by atoms with van der Waals surface area (Å²) in [6.45, 7) is 5.88. The normalized spacial score (nSPS) is 23.9. The molecule has 0 N–H and O–H groups in total. The van der Waals surface area contributed by atoms with E-state index < -0.39 is 0 Å². The minimum absolute atomic E-state index is 0.188. The molecule has 0 aromatic rings. The fourth-order valence-corrected chi connectivity index (χ4v) is 1.96. The van der Waals surface area contributed by atoms with Gasteiger partial charge in [-0.15, -0.1) is 0 Å². The number of fused-ring (bicyclic) bond motifs is 1. The zero-order chi connectivity index (χ0) is 14.0. The number of rotatable bonds is 2. The molecule has 1 heterocycles. The van der Waals surface area contributed by atoms with Crippen molar-refractivity contribution in [3.63, 3.8) is 0 Å². The first-order valence-corrected chi connectivity index (χ1v) is 6.42. The van der Waals surface area contributed by atoms with E-state index >= 15 is 0 Å². The second-order valence-electron chi connectivity index (χ2n) is 4.75. The van der Waals surface area contributed by atoms with Gasteiger partial charge in [-0.05, 0) is 13.0 Å². The van der Waals surface area contributed by atoms with Crippen molar-refractivity contribution in [3.05, 3.63) is 24.3 Å². The first kappa shape index (κ1) is 13.4. The third-order valence-electron chi connectivity index (χ3n) is 3.05. The number of hydrogen-bond acceptors (Lipinski definition) is 2. The molecule has 0 spiro atoms. The van der Waals surface area contributed by atoms with E-state index in [1.54, 1.807) is 19.9 Å². The van der Waals surface area contributed by atoms with Crippen molar-refractivity contribution in [2.75, 3.05) is 6.54 Å². The van der Waals surface area contributed by atoms with Crippen LogP contribution in [0.2, 0.25) is 0 Å². The van der Waals surface area contributed by atoms with E-state index in [9.17, 15) is 9.59 Å². The lowest BCUT2D eigenvalue weighted by atomic mass is 9.94. The van der Waals surface area contributed by atoms with E-state index in [4.69, 9.17) is 0 Å². The quantitative estimate of drug-likeness (QED) is 0.763. The average Bonchev–Trinajstić information content (AvgIpc) is 2.38. The molecule has 1 unspecified atom stereocenters. The van der Waals surface area contributed by atoms with Gasteiger partial charge >= 0.3 is 6.03 Å². The first-order valence-electron chi connectivity index (χ1n) is 6.42. The first-order chi connectivity index (χ1) is 9.04. The Bertz CT molecular complexity index is 527. The fourth-order valence-electron chi connectivity index (χ4n) is 1.96. The number of nitrogens with zero attached hydrogens (tertiary/aromatic N) is 3. The highest BCUT2D eigenvalue weighted by atomic mass is 16.2. The van der Waals surface area contributed by atoms with E-state index in [1.165, 1.54) is 4.90 Å². The predicted molar refractivity (Wildman–Crippen MR) is 74.3 cm³/mol. The molecule has 3 amide bonds. The minimum atomic E-state index is -0.357. The molecular formula is C14H17N3O2. The van der Waals surface area contributed by atoms with Crippen LogP contribution >= 0.6 is 0 Å². The highest BCUT2D eigenvalue weighted by Gasteiger charge is 2.33. The third-order valence-corrected chi connectivity index (χ3v) is 3.05. The minimum Gasteiger partial charge on any atom is -0.279 e. The summed E-state index contributed by atoms with van der Waals surface area (Å²) >= 11 is 0. The van der Waals surface area contributed by atoms with E-state index in [0.29, 0.717) is 18.1 Å². The Balaban J connectivity index is 2.46. The molecule has 100 valence electrons. The molecule has 0 aromatic heterocycles. The number of aliphatic imine (C=N–C) groups is 2.